The second-order valence-corrected chi connectivity index (χ2v) is 9.68. The Labute approximate surface area is 180 Å². The van der Waals surface area contributed by atoms with E-state index in [9.17, 15) is 17.6 Å². The van der Waals surface area contributed by atoms with Crippen LogP contribution in [0.15, 0.2) is 45.7 Å². The van der Waals surface area contributed by atoms with E-state index in [-0.39, 0.29) is 39.9 Å². The molecule has 3 aromatic rings. The summed E-state index contributed by atoms with van der Waals surface area (Å²) >= 11 is 0. The van der Waals surface area contributed by atoms with Crippen LogP contribution in [0.1, 0.15) is 67.1 Å². The monoisotopic (exact) mass is 445 g/mol. The highest BCUT2D eigenvalue weighted by Crippen LogP contribution is 2.42. The number of rotatable bonds is 7. The van der Waals surface area contributed by atoms with Crippen LogP contribution in [-0.4, -0.2) is 20.9 Å². The second kappa shape index (κ2) is 8.00. The first-order valence-corrected chi connectivity index (χ1v) is 11.7. The number of fused-ring (bicyclic) bond motifs is 1. The number of amides is 1. The zero-order valence-corrected chi connectivity index (χ0v) is 18.4. The van der Waals surface area contributed by atoms with E-state index in [1.807, 2.05) is 18.6 Å². The molecule has 0 radical (unpaired) electrons. The Kier molecular flexibility index (Phi) is 5.51. The number of furan rings is 1. The van der Waals surface area contributed by atoms with Gasteiger partial charge >= 0.3 is 5.91 Å². The molecule has 31 heavy (non-hydrogen) atoms. The van der Waals surface area contributed by atoms with Gasteiger partial charge in [-0.15, -0.1) is 0 Å². The van der Waals surface area contributed by atoms with Gasteiger partial charge in [-0.25, -0.2) is 17.5 Å². The molecular formula is C23H24FNO5S. The third-order valence-electron chi connectivity index (χ3n) is 5.33. The number of hydrogen-bond acceptors (Lipinski definition) is 5. The summed E-state index contributed by atoms with van der Waals surface area (Å²) in [6, 6.07) is 9.23. The zero-order valence-electron chi connectivity index (χ0n) is 17.6. The summed E-state index contributed by atoms with van der Waals surface area (Å²) in [5, 5.41) is 0.142. The molecule has 8 heteroatoms. The van der Waals surface area contributed by atoms with Gasteiger partial charge in [0.15, 0.2) is 5.76 Å². The minimum Gasteiger partial charge on any atom is -0.492 e. The molecule has 0 saturated heterocycles. The topological polar surface area (TPSA) is 85.6 Å². The third kappa shape index (κ3) is 4.30. The van der Waals surface area contributed by atoms with Crippen molar-refractivity contribution < 1.29 is 26.8 Å². The lowest BCUT2D eigenvalue weighted by Crippen LogP contribution is -2.30. The van der Waals surface area contributed by atoms with Crippen LogP contribution >= 0.6 is 0 Å². The average Bonchev–Trinajstić information content (AvgIpc) is 3.46. The predicted molar refractivity (Wildman–Crippen MR) is 114 cm³/mol. The molecule has 0 spiro atoms. The van der Waals surface area contributed by atoms with E-state index in [0.29, 0.717) is 5.92 Å². The normalized spacial score (nSPS) is 14.2. The number of hydrogen-bond donors (Lipinski definition) is 1. The summed E-state index contributed by atoms with van der Waals surface area (Å²) in [5.41, 5.74) is 1.83. The van der Waals surface area contributed by atoms with Crippen LogP contribution in [0.4, 0.5) is 4.39 Å². The Morgan fingerprint density at radius 3 is 2.61 bits per heavy atom. The van der Waals surface area contributed by atoms with E-state index in [1.165, 1.54) is 18.2 Å². The number of carbonyl (C=O) groups is 1. The number of ether oxygens (including phenoxy) is 1. The molecule has 1 aromatic heterocycles. The molecule has 1 aliphatic carbocycles. The molecule has 1 saturated carbocycles. The maximum absolute atomic E-state index is 14.4. The van der Waals surface area contributed by atoms with Crippen LogP contribution in [0, 0.1) is 5.82 Å². The molecule has 0 unspecified atom stereocenters. The fourth-order valence-electron chi connectivity index (χ4n) is 3.48. The van der Waals surface area contributed by atoms with Gasteiger partial charge in [0.25, 0.3) is 10.0 Å². The van der Waals surface area contributed by atoms with Gasteiger partial charge in [0.2, 0.25) is 0 Å². The molecule has 6 nitrogen and oxygen atoms in total. The maximum atomic E-state index is 14.4. The molecule has 0 atom stereocenters. The largest absolute Gasteiger partial charge is 0.492 e. The summed E-state index contributed by atoms with van der Waals surface area (Å²) in [6.45, 7) is 5.88. The number of nitrogens with one attached hydrogen (secondary N) is 1. The number of sulfonamides is 1. The smallest absolute Gasteiger partial charge is 0.300 e. The summed E-state index contributed by atoms with van der Waals surface area (Å²) in [7, 11) is -4.25. The van der Waals surface area contributed by atoms with E-state index < -0.39 is 21.7 Å². The van der Waals surface area contributed by atoms with Crippen molar-refractivity contribution in [3.8, 4) is 5.75 Å². The van der Waals surface area contributed by atoms with Crippen molar-refractivity contribution in [2.24, 2.45) is 0 Å². The third-order valence-corrected chi connectivity index (χ3v) is 6.68. The van der Waals surface area contributed by atoms with Crippen LogP contribution in [0.3, 0.4) is 0 Å². The maximum Gasteiger partial charge on any atom is 0.300 e. The average molecular weight is 446 g/mol. The zero-order chi connectivity index (χ0) is 22.3. The van der Waals surface area contributed by atoms with Gasteiger partial charge in [0.05, 0.1) is 12.0 Å². The fraction of sp³-hybridized carbons (Fsp3) is 0.348. The van der Waals surface area contributed by atoms with Crippen LogP contribution in [0.5, 0.6) is 5.75 Å². The Morgan fingerprint density at radius 1 is 1.23 bits per heavy atom. The molecule has 164 valence electrons. The molecule has 1 fully saturated rings. The quantitative estimate of drug-likeness (QED) is 0.547. The lowest BCUT2D eigenvalue weighted by molar-refractivity contribution is 0.0956. The SMILES string of the molecule is CCOc1ccc(C(C)C)cc1S(=O)(=O)NC(=O)c1cc2c(F)cc(C3CC3)cc2o1. The predicted octanol–water partition coefficient (Wildman–Crippen LogP) is 5.09. The molecule has 1 N–H and O–H groups in total. The Balaban J connectivity index is 1.66. The first-order valence-electron chi connectivity index (χ1n) is 10.3. The molecule has 2 aromatic carbocycles. The molecule has 4 rings (SSSR count). The molecular weight excluding hydrogens is 421 g/mol. The standard InChI is InChI=1S/C23H24FNO5S/c1-4-29-19-8-7-15(13(2)3)11-22(19)31(27,28)25-23(26)21-12-17-18(24)9-16(14-5-6-14)10-20(17)30-21/h7-14H,4-6H2,1-3H3,(H,25,26). The second-order valence-electron chi connectivity index (χ2n) is 8.03. The van der Waals surface area contributed by atoms with Crippen molar-refractivity contribution in [1.82, 2.24) is 4.72 Å². The van der Waals surface area contributed by atoms with Gasteiger partial charge in [0, 0.05) is 6.07 Å². The first-order chi connectivity index (χ1) is 14.7. The highest BCUT2D eigenvalue weighted by molar-refractivity contribution is 7.90. The lowest BCUT2D eigenvalue weighted by Gasteiger charge is -2.14. The van der Waals surface area contributed by atoms with Crippen LogP contribution in [0.2, 0.25) is 0 Å². The molecule has 0 aliphatic heterocycles. The summed E-state index contributed by atoms with van der Waals surface area (Å²) in [4.78, 5) is 12.6. The first kappa shape index (κ1) is 21.4. The molecule has 1 heterocycles. The van der Waals surface area contributed by atoms with Gasteiger partial charge in [-0.3, -0.25) is 4.79 Å². The minimum absolute atomic E-state index is 0.0827. The van der Waals surface area contributed by atoms with E-state index in [2.05, 4.69) is 0 Å². The van der Waals surface area contributed by atoms with Crippen molar-refractivity contribution in [2.45, 2.75) is 50.3 Å². The van der Waals surface area contributed by atoms with Gasteiger partial charge in [-0.1, -0.05) is 19.9 Å². The number of benzene rings is 2. The van der Waals surface area contributed by atoms with E-state index in [1.54, 1.807) is 25.1 Å². The Bertz CT molecular complexity index is 1260. The van der Waals surface area contributed by atoms with Crippen molar-refractivity contribution in [3.63, 3.8) is 0 Å². The molecule has 1 amide bonds. The summed E-state index contributed by atoms with van der Waals surface area (Å²) < 4.78 is 53.4. The van der Waals surface area contributed by atoms with Crippen molar-refractivity contribution >= 4 is 26.9 Å². The highest BCUT2D eigenvalue weighted by Gasteiger charge is 2.28. The van der Waals surface area contributed by atoms with Gasteiger partial charge in [0.1, 0.15) is 22.0 Å². The minimum atomic E-state index is -4.25. The van der Waals surface area contributed by atoms with E-state index >= 15 is 0 Å². The Morgan fingerprint density at radius 2 is 1.97 bits per heavy atom. The van der Waals surface area contributed by atoms with Gasteiger partial charge in [-0.05, 0) is 67.0 Å². The van der Waals surface area contributed by atoms with Crippen LogP contribution in [0.25, 0.3) is 11.0 Å². The summed E-state index contributed by atoms with van der Waals surface area (Å²) in [6.07, 6.45) is 1.99. The molecule has 0 bridgehead atoms. The van der Waals surface area contributed by atoms with Crippen molar-refractivity contribution in [2.75, 3.05) is 6.61 Å². The number of halogens is 1. The molecule has 1 aliphatic rings. The lowest BCUT2D eigenvalue weighted by atomic mass is 10.0. The van der Waals surface area contributed by atoms with E-state index in [0.717, 1.165) is 24.0 Å². The van der Waals surface area contributed by atoms with Crippen LogP contribution in [-0.2, 0) is 10.0 Å². The number of carbonyl (C=O) groups excluding carboxylic acids is 1. The van der Waals surface area contributed by atoms with Gasteiger partial charge in [-0.2, -0.15) is 0 Å². The van der Waals surface area contributed by atoms with Crippen molar-refractivity contribution in [3.05, 3.63) is 59.1 Å². The summed E-state index contributed by atoms with van der Waals surface area (Å²) in [5.74, 6) is -1.19. The fourth-order valence-corrected chi connectivity index (χ4v) is 4.61. The Hall–Kier alpha value is -2.87. The van der Waals surface area contributed by atoms with Gasteiger partial charge < -0.3 is 9.15 Å². The highest BCUT2D eigenvalue weighted by atomic mass is 32.2. The van der Waals surface area contributed by atoms with E-state index in [4.69, 9.17) is 9.15 Å². The van der Waals surface area contributed by atoms with Crippen LogP contribution < -0.4 is 9.46 Å². The van der Waals surface area contributed by atoms with Crippen molar-refractivity contribution in [1.29, 1.82) is 0 Å².